The highest BCUT2D eigenvalue weighted by molar-refractivity contribution is 7.71. The van der Waals surface area contributed by atoms with Crippen LogP contribution in [0.2, 0.25) is 0 Å². The molecule has 0 amide bonds. The second-order valence-electron chi connectivity index (χ2n) is 5.92. The van der Waals surface area contributed by atoms with Gasteiger partial charge in [0.1, 0.15) is 5.52 Å². The van der Waals surface area contributed by atoms with Crippen molar-refractivity contribution >= 4 is 23.4 Å². The SMILES string of the molecule is CCn1nc(C)c2[nH]c(=S)n(CC3CCC(C)C3)c21. The van der Waals surface area contributed by atoms with Gasteiger partial charge in [0.05, 0.1) is 5.69 Å². The normalized spacial score (nSPS) is 23.5. The van der Waals surface area contributed by atoms with Crippen molar-refractivity contribution in [1.82, 2.24) is 19.3 Å². The van der Waals surface area contributed by atoms with Crippen molar-refractivity contribution in [3.63, 3.8) is 0 Å². The quantitative estimate of drug-likeness (QED) is 0.870. The van der Waals surface area contributed by atoms with E-state index in [0.29, 0.717) is 0 Å². The van der Waals surface area contributed by atoms with E-state index in [1.165, 1.54) is 24.9 Å². The number of fused-ring (bicyclic) bond motifs is 1. The highest BCUT2D eigenvalue weighted by Crippen LogP contribution is 2.32. The fourth-order valence-electron chi connectivity index (χ4n) is 3.40. The third-order valence-corrected chi connectivity index (χ3v) is 4.70. The number of aromatic nitrogens is 4. The average Bonchev–Trinajstić information content (AvgIpc) is 3.00. The van der Waals surface area contributed by atoms with E-state index in [-0.39, 0.29) is 0 Å². The van der Waals surface area contributed by atoms with Crippen molar-refractivity contribution in [2.45, 2.75) is 53.1 Å². The summed E-state index contributed by atoms with van der Waals surface area (Å²) in [5.41, 5.74) is 3.32. The van der Waals surface area contributed by atoms with E-state index < -0.39 is 0 Å². The van der Waals surface area contributed by atoms with Crippen LogP contribution >= 0.6 is 12.2 Å². The summed E-state index contributed by atoms with van der Waals surface area (Å²) in [5.74, 6) is 1.63. The van der Waals surface area contributed by atoms with Crippen LogP contribution in [0.25, 0.3) is 11.2 Å². The first-order valence-corrected chi connectivity index (χ1v) is 7.66. The van der Waals surface area contributed by atoms with E-state index in [4.69, 9.17) is 12.2 Å². The predicted octanol–water partition coefficient (Wildman–Crippen LogP) is 3.66. The molecule has 1 fully saturated rings. The number of H-pyrrole nitrogens is 1. The maximum Gasteiger partial charge on any atom is 0.179 e. The van der Waals surface area contributed by atoms with Crippen LogP contribution < -0.4 is 0 Å². The smallest absolute Gasteiger partial charge is 0.179 e. The molecule has 0 radical (unpaired) electrons. The summed E-state index contributed by atoms with van der Waals surface area (Å²) in [7, 11) is 0. The first-order valence-electron chi connectivity index (χ1n) is 7.26. The number of imidazole rings is 1. The molecule has 0 aromatic carbocycles. The lowest BCUT2D eigenvalue weighted by Crippen LogP contribution is -2.11. The molecule has 1 N–H and O–H groups in total. The second-order valence-corrected chi connectivity index (χ2v) is 6.31. The highest BCUT2D eigenvalue weighted by Gasteiger charge is 2.23. The number of nitrogens with zero attached hydrogens (tertiary/aromatic N) is 3. The molecule has 0 aliphatic heterocycles. The Morgan fingerprint density at radius 2 is 2.21 bits per heavy atom. The Labute approximate surface area is 118 Å². The number of aryl methyl sites for hydroxylation is 2. The highest BCUT2D eigenvalue weighted by atomic mass is 32.1. The summed E-state index contributed by atoms with van der Waals surface area (Å²) in [6.07, 6.45) is 4.01. The minimum absolute atomic E-state index is 0.765. The lowest BCUT2D eigenvalue weighted by atomic mass is 10.1. The number of nitrogens with one attached hydrogen (secondary N) is 1. The molecule has 19 heavy (non-hydrogen) atoms. The standard InChI is InChI=1S/C14H22N4S/c1-4-18-13-12(10(3)16-18)15-14(19)17(13)8-11-6-5-9(2)7-11/h9,11H,4-8H2,1-3H3,(H,15,19). The topological polar surface area (TPSA) is 38.5 Å². The Kier molecular flexibility index (Phi) is 3.25. The van der Waals surface area contributed by atoms with Gasteiger partial charge in [0, 0.05) is 13.1 Å². The van der Waals surface area contributed by atoms with Gasteiger partial charge in [-0.1, -0.05) is 13.3 Å². The fraction of sp³-hybridized carbons (Fsp3) is 0.714. The molecule has 2 unspecified atom stereocenters. The van der Waals surface area contributed by atoms with Gasteiger partial charge in [0.25, 0.3) is 0 Å². The Hall–Kier alpha value is -1.10. The molecular formula is C14H22N4S. The molecule has 2 aromatic heterocycles. The third kappa shape index (κ3) is 2.14. The van der Waals surface area contributed by atoms with Crippen molar-refractivity contribution in [3.8, 4) is 0 Å². The monoisotopic (exact) mass is 278 g/mol. The lowest BCUT2D eigenvalue weighted by Gasteiger charge is -2.12. The molecule has 2 aromatic rings. The largest absolute Gasteiger partial charge is 0.328 e. The van der Waals surface area contributed by atoms with Gasteiger partial charge in [-0.2, -0.15) is 5.10 Å². The van der Waals surface area contributed by atoms with Crippen LogP contribution in [0, 0.1) is 23.5 Å². The van der Waals surface area contributed by atoms with Crippen LogP contribution in [0.5, 0.6) is 0 Å². The molecule has 0 spiro atoms. The van der Waals surface area contributed by atoms with Crippen molar-refractivity contribution < 1.29 is 0 Å². The summed E-state index contributed by atoms with van der Waals surface area (Å²) in [5, 5.41) is 4.58. The lowest BCUT2D eigenvalue weighted by molar-refractivity contribution is 0.439. The zero-order chi connectivity index (χ0) is 13.6. The number of hydrogen-bond acceptors (Lipinski definition) is 2. The molecule has 5 heteroatoms. The zero-order valence-corrected chi connectivity index (χ0v) is 12.8. The minimum atomic E-state index is 0.765. The Balaban J connectivity index is 2.02. The summed E-state index contributed by atoms with van der Waals surface area (Å²) >= 11 is 5.50. The maximum atomic E-state index is 5.50. The molecule has 0 saturated heterocycles. The first-order chi connectivity index (χ1) is 9.10. The summed E-state index contributed by atoms with van der Waals surface area (Å²) < 4.78 is 5.17. The Bertz CT molecular complexity index is 648. The summed E-state index contributed by atoms with van der Waals surface area (Å²) in [6, 6.07) is 0. The van der Waals surface area contributed by atoms with Gasteiger partial charge in [-0.3, -0.25) is 0 Å². The second kappa shape index (κ2) is 4.78. The molecule has 1 aliphatic carbocycles. The van der Waals surface area contributed by atoms with E-state index in [1.807, 2.05) is 6.92 Å². The van der Waals surface area contributed by atoms with Gasteiger partial charge in [-0.25, -0.2) is 4.68 Å². The number of hydrogen-bond donors (Lipinski definition) is 1. The molecule has 1 saturated carbocycles. The molecule has 4 nitrogen and oxygen atoms in total. The molecule has 1 aliphatic rings. The van der Waals surface area contributed by atoms with Crippen LogP contribution in [-0.4, -0.2) is 19.3 Å². The zero-order valence-electron chi connectivity index (χ0n) is 11.9. The maximum absolute atomic E-state index is 5.50. The van der Waals surface area contributed by atoms with E-state index in [1.54, 1.807) is 0 Å². The molecule has 2 atom stereocenters. The minimum Gasteiger partial charge on any atom is -0.328 e. The van der Waals surface area contributed by atoms with Gasteiger partial charge in [-0.05, 0) is 50.7 Å². The van der Waals surface area contributed by atoms with Crippen molar-refractivity contribution in [1.29, 1.82) is 0 Å². The van der Waals surface area contributed by atoms with Gasteiger partial charge >= 0.3 is 0 Å². The van der Waals surface area contributed by atoms with Gasteiger partial charge in [0.15, 0.2) is 10.4 Å². The molecule has 3 rings (SSSR count). The van der Waals surface area contributed by atoms with Crippen LogP contribution in [0.15, 0.2) is 0 Å². The van der Waals surface area contributed by atoms with E-state index >= 15 is 0 Å². The van der Waals surface area contributed by atoms with Crippen LogP contribution in [0.4, 0.5) is 0 Å². The first kappa shape index (κ1) is 12.9. The van der Waals surface area contributed by atoms with Crippen molar-refractivity contribution in [3.05, 3.63) is 10.5 Å². The summed E-state index contributed by atoms with van der Waals surface area (Å²) in [4.78, 5) is 3.33. The summed E-state index contributed by atoms with van der Waals surface area (Å²) in [6.45, 7) is 8.45. The molecule has 2 heterocycles. The number of aromatic amines is 1. The molecule has 104 valence electrons. The number of rotatable bonds is 3. The van der Waals surface area contributed by atoms with Crippen molar-refractivity contribution in [2.75, 3.05) is 0 Å². The van der Waals surface area contributed by atoms with Gasteiger partial charge < -0.3 is 9.55 Å². The van der Waals surface area contributed by atoms with Gasteiger partial charge in [-0.15, -0.1) is 0 Å². The fourth-order valence-corrected chi connectivity index (χ4v) is 3.66. The molecule has 0 bridgehead atoms. The van der Waals surface area contributed by atoms with Crippen LogP contribution in [-0.2, 0) is 13.1 Å². The van der Waals surface area contributed by atoms with Gasteiger partial charge in [0.2, 0.25) is 0 Å². The van der Waals surface area contributed by atoms with E-state index in [9.17, 15) is 0 Å². The predicted molar refractivity (Wildman–Crippen MR) is 79.8 cm³/mol. The third-order valence-electron chi connectivity index (χ3n) is 4.38. The van der Waals surface area contributed by atoms with E-state index in [0.717, 1.165) is 40.9 Å². The van der Waals surface area contributed by atoms with Crippen LogP contribution in [0.3, 0.4) is 0 Å². The van der Waals surface area contributed by atoms with Crippen molar-refractivity contribution in [2.24, 2.45) is 11.8 Å². The van der Waals surface area contributed by atoms with E-state index in [2.05, 4.69) is 33.2 Å². The average molecular weight is 278 g/mol. The Morgan fingerprint density at radius 3 is 2.84 bits per heavy atom. The molecular weight excluding hydrogens is 256 g/mol. The Morgan fingerprint density at radius 1 is 1.42 bits per heavy atom. The van der Waals surface area contributed by atoms with Crippen LogP contribution in [0.1, 0.15) is 38.8 Å².